The number of piperidine rings is 1. The van der Waals surface area contributed by atoms with Gasteiger partial charge in [0.25, 0.3) is 5.91 Å². The van der Waals surface area contributed by atoms with Crippen molar-refractivity contribution in [2.75, 3.05) is 32.1 Å². The maximum atomic E-state index is 13.0. The quantitative estimate of drug-likeness (QED) is 0.824. The van der Waals surface area contributed by atoms with Crippen molar-refractivity contribution in [3.8, 4) is 5.75 Å². The van der Waals surface area contributed by atoms with Gasteiger partial charge in [-0.05, 0) is 79.6 Å². The first-order chi connectivity index (χ1) is 13.2. The number of aryl methyl sites for hydroxylation is 2. The highest BCUT2D eigenvalue weighted by molar-refractivity contribution is 5.94. The summed E-state index contributed by atoms with van der Waals surface area (Å²) >= 11 is 0. The van der Waals surface area contributed by atoms with E-state index < -0.39 is 0 Å². The Kier molecular flexibility index (Phi) is 5.06. The third kappa shape index (κ3) is 3.66. The van der Waals surface area contributed by atoms with Crippen LogP contribution < -0.4 is 9.64 Å². The summed E-state index contributed by atoms with van der Waals surface area (Å²) in [6.07, 6.45) is 5.48. The zero-order valence-corrected chi connectivity index (χ0v) is 16.3. The zero-order chi connectivity index (χ0) is 18.8. The summed E-state index contributed by atoms with van der Waals surface area (Å²) in [5.74, 6) is 1.04. The molecule has 0 bridgehead atoms. The Morgan fingerprint density at radius 3 is 2.44 bits per heavy atom. The smallest absolute Gasteiger partial charge is 0.253 e. The predicted octanol–water partition coefficient (Wildman–Crippen LogP) is 3.92. The normalized spacial score (nSPS) is 16.9. The molecule has 0 saturated carbocycles. The third-order valence-corrected chi connectivity index (χ3v) is 6.12. The standard InChI is InChI=1S/C23H28N2O2/c1-24(23(26)19-7-6-17-4-3-5-18(17)16-19)20-12-14-25(15-13-20)21-8-10-22(27-2)11-9-21/h6-11,16,20H,3-5,12-15H2,1-2H3. The van der Waals surface area contributed by atoms with Gasteiger partial charge in [-0.1, -0.05) is 6.07 Å². The Morgan fingerprint density at radius 2 is 1.74 bits per heavy atom. The molecule has 142 valence electrons. The zero-order valence-electron chi connectivity index (χ0n) is 16.3. The minimum atomic E-state index is 0.160. The molecule has 1 aliphatic carbocycles. The largest absolute Gasteiger partial charge is 0.497 e. The summed E-state index contributed by atoms with van der Waals surface area (Å²) in [5.41, 5.74) is 4.85. The lowest BCUT2D eigenvalue weighted by Gasteiger charge is -2.38. The van der Waals surface area contributed by atoms with Crippen LogP contribution in [0, 0.1) is 0 Å². The Morgan fingerprint density at radius 1 is 1.04 bits per heavy atom. The SMILES string of the molecule is COc1ccc(N2CCC(N(C)C(=O)c3ccc4c(c3)CCC4)CC2)cc1. The fourth-order valence-electron chi connectivity index (χ4n) is 4.38. The van der Waals surface area contributed by atoms with Crippen molar-refractivity contribution in [1.82, 2.24) is 4.90 Å². The number of methoxy groups -OCH3 is 1. The molecule has 1 heterocycles. The van der Waals surface area contributed by atoms with E-state index in [1.54, 1.807) is 7.11 Å². The highest BCUT2D eigenvalue weighted by Crippen LogP contribution is 2.26. The number of benzene rings is 2. The lowest BCUT2D eigenvalue weighted by molar-refractivity contribution is 0.0709. The molecule has 0 atom stereocenters. The highest BCUT2D eigenvalue weighted by atomic mass is 16.5. The van der Waals surface area contributed by atoms with E-state index in [9.17, 15) is 4.79 Å². The van der Waals surface area contributed by atoms with E-state index >= 15 is 0 Å². The molecule has 0 unspecified atom stereocenters. The molecule has 0 N–H and O–H groups in total. The molecule has 1 aliphatic heterocycles. The van der Waals surface area contributed by atoms with Crippen LogP contribution in [-0.2, 0) is 12.8 Å². The van der Waals surface area contributed by atoms with Crippen LogP contribution in [0.5, 0.6) is 5.75 Å². The first-order valence-electron chi connectivity index (χ1n) is 9.93. The molecule has 27 heavy (non-hydrogen) atoms. The number of anilines is 1. The molecule has 1 amide bonds. The van der Waals surface area contributed by atoms with Gasteiger partial charge in [-0.25, -0.2) is 0 Å². The van der Waals surface area contributed by atoms with Gasteiger partial charge in [0, 0.05) is 37.4 Å². The molecule has 4 rings (SSSR count). The number of hydrogen-bond acceptors (Lipinski definition) is 3. The second kappa shape index (κ2) is 7.63. The summed E-state index contributed by atoms with van der Waals surface area (Å²) < 4.78 is 5.24. The van der Waals surface area contributed by atoms with Crippen molar-refractivity contribution in [1.29, 1.82) is 0 Å². The van der Waals surface area contributed by atoms with Crippen molar-refractivity contribution < 1.29 is 9.53 Å². The Hall–Kier alpha value is -2.49. The van der Waals surface area contributed by atoms with Crippen LogP contribution in [0.1, 0.15) is 40.7 Å². The van der Waals surface area contributed by atoms with Crippen molar-refractivity contribution in [2.24, 2.45) is 0 Å². The summed E-state index contributed by atoms with van der Waals surface area (Å²) in [7, 11) is 3.65. The molecular formula is C23H28N2O2. The molecule has 0 aromatic heterocycles. The van der Waals surface area contributed by atoms with E-state index in [1.807, 2.05) is 30.1 Å². The number of rotatable bonds is 4. The average Bonchev–Trinajstić information content (AvgIpc) is 3.21. The minimum Gasteiger partial charge on any atom is -0.497 e. The van der Waals surface area contributed by atoms with Gasteiger partial charge in [0.05, 0.1) is 7.11 Å². The molecule has 1 saturated heterocycles. The molecule has 0 radical (unpaired) electrons. The lowest BCUT2D eigenvalue weighted by Crippen LogP contribution is -2.45. The van der Waals surface area contributed by atoms with Crippen LogP contribution in [0.4, 0.5) is 5.69 Å². The van der Waals surface area contributed by atoms with E-state index in [1.165, 1.54) is 23.2 Å². The van der Waals surface area contributed by atoms with E-state index in [0.717, 1.165) is 50.1 Å². The molecule has 4 nitrogen and oxygen atoms in total. The van der Waals surface area contributed by atoms with Crippen molar-refractivity contribution in [3.63, 3.8) is 0 Å². The second-order valence-electron chi connectivity index (χ2n) is 7.67. The number of carbonyl (C=O) groups excluding carboxylic acids is 1. The van der Waals surface area contributed by atoms with Crippen LogP contribution in [0.25, 0.3) is 0 Å². The molecule has 1 fully saturated rings. The molecule has 0 spiro atoms. The Bertz CT molecular complexity index is 808. The number of fused-ring (bicyclic) bond motifs is 1. The van der Waals surface area contributed by atoms with Gasteiger partial charge in [0.2, 0.25) is 0 Å². The van der Waals surface area contributed by atoms with Gasteiger partial charge in [-0.3, -0.25) is 4.79 Å². The lowest BCUT2D eigenvalue weighted by atomic mass is 10.0. The summed E-state index contributed by atoms with van der Waals surface area (Å²) in [6.45, 7) is 1.94. The number of carbonyl (C=O) groups is 1. The van der Waals surface area contributed by atoms with Crippen LogP contribution in [0.15, 0.2) is 42.5 Å². The molecule has 2 aromatic rings. The third-order valence-electron chi connectivity index (χ3n) is 6.12. The van der Waals surface area contributed by atoms with Crippen molar-refractivity contribution in [3.05, 3.63) is 59.2 Å². The fraction of sp³-hybridized carbons (Fsp3) is 0.435. The van der Waals surface area contributed by atoms with Gasteiger partial charge in [-0.2, -0.15) is 0 Å². The molecule has 4 heteroatoms. The predicted molar refractivity (Wildman–Crippen MR) is 109 cm³/mol. The van der Waals surface area contributed by atoms with Crippen LogP contribution in [-0.4, -0.2) is 44.1 Å². The molecular weight excluding hydrogens is 336 g/mol. The van der Waals surface area contributed by atoms with Gasteiger partial charge in [0.1, 0.15) is 5.75 Å². The number of hydrogen-bond donors (Lipinski definition) is 0. The van der Waals surface area contributed by atoms with Gasteiger partial charge in [-0.15, -0.1) is 0 Å². The summed E-state index contributed by atoms with van der Waals surface area (Å²) in [5, 5.41) is 0. The topological polar surface area (TPSA) is 32.8 Å². The van der Waals surface area contributed by atoms with E-state index in [2.05, 4.69) is 29.2 Å². The maximum Gasteiger partial charge on any atom is 0.253 e. The van der Waals surface area contributed by atoms with Gasteiger partial charge >= 0.3 is 0 Å². The van der Waals surface area contributed by atoms with E-state index in [-0.39, 0.29) is 5.91 Å². The maximum absolute atomic E-state index is 13.0. The fourth-order valence-corrected chi connectivity index (χ4v) is 4.38. The highest BCUT2D eigenvalue weighted by Gasteiger charge is 2.26. The Balaban J connectivity index is 1.37. The first kappa shape index (κ1) is 17.9. The van der Waals surface area contributed by atoms with E-state index in [0.29, 0.717) is 6.04 Å². The summed E-state index contributed by atoms with van der Waals surface area (Å²) in [6, 6.07) is 14.8. The van der Waals surface area contributed by atoms with Crippen LogP contribution in [0.2, 0.25) is 0 Å². The minimum absolute atomic E-state index is 0.160. The van der Waals surface area contributed by atoms with Gasteiger partial charge < -0.3 is 14.5 Å². The first-order valence-corrected chi connectivity index (χ1v) is 9.93. The average molecular weight is 364 g/mol. The number of nitrogens with zero attached hydrogens (tertiary/aromatic N) is 2. The van der Waals surface area contributed by atoms with Gasteiger partial charge in [0.15, 0.2) is 0 Å². The molecule has 2 aromatic carbocycles. The van der Waals surface area contributed by atoms with Crippen molar-refractivity contribution in [2.45, 2.75) is 38.1 Å². The number of ether oxygens (including phenoxy) is 1. The summed E-state index contributed by atoms with van der Waals surface area (Å²) in [4.78, 5) is 17.3. The Labute approximate surface area is 161 Å². The monoisotopic (exact) mass is 364 g/mol. The van der Waals surface area contributed by atoms with E-state index in [4.69, 9.17) is 4.74 Å². The number of amides is 1. The molecule has 2 aliphatic rings. The van der Waals surface area contributed by atoms with Crippen LogP contribution >= 0.6 is 0 Å². The van der Waals surface area contributed by atoms with Crippen LogP contribution in [0.3, 0.4) is 0 Å². The second-order valence-corrected chi connectivity index (χ2v) is 7.67. The van der Waals surface area contributed by atoms with Crippen molar-refractivity contribution >= 4 is 11.6 Å².